The van der Waals surface area contributed by atoms with Crippen molar-refractivity contribution in [3.05, 3.63) is 29.8 Å². The highest BCUT2D eigenvalue weighted by Crippen LogP contribution is 2.34. The monoisotopic (exact) mass is 456 g/mol. The number of alkyl halides is 3. The molecule has 1 fully saturated rings. The highest BCUT2D eigenvalue weighted by molar-refractivity contribution is 7.99. The lowest BCUT2D eigenvalue weighted by Gasteiger charge is -2.22. The summed E-state index contributed by atoms with van der Waals surface area (Å²) >= 11 is 1.18. The summed E-state index contributed by atoms with van der Waals surface area (Å²) in [7, 11) is 1.42. The number of likely N-dealkylation sites (N-methyl/N-ethyl adjacent to an activating group) is 1. The third-order valence-corrected chi connectivity index (χ3v) is 5.94. The van der Waals surface area contributed by atoms with Gasteiger partial charge in [-0.05, 0) is 35.4 Å². The van der Waals surface area contributed by atoms with Crippen molar-refractivity contribution in [3.8, 4) is 0 Å². The molecule has 0 spiro atoms. The number of rotatable bonds is 7. The number of carbonyl (C=O) groups excluding carboxylic acids is 2. The number of hydrogen-bond donors (Lipinski definition) is 1. The lowest BCUT2D eigenvalue weighted by Crippen LogP contribution is -2.36. The van der Waals surface area contributed by atoms with Gasteiger partial charge in [0.2, 0.25) is 17.0 Å². The number of carbonyl (C=O) groups is 2. The van der Waals surface area contributed by atoms with Crippen molar-refractivity contribution >= 4 is 29.3 Å². The Bertz CT molecular complexity index is 914. The molecular weight excluding hydrogens is 433 g/mol. The number of halogens is 3. The molecule has 0 bridgehead atoms. The van der Waals surface area contributed by atoms with E-state index in [0.717, 1.165) is 36.6 Å². The standard InChI is InChI=1S/C19H23F3N6O2S/c1-27(11-16(29)23-15-10-6-5-9-14(15)19(20,21)22)17(30)12-31-18-24-25-26-28(18)13-7-3-2-4-8-13/h5-6,9-10,13H,2-4,7-8,11-12H2,1H3,(H,23,29). The van der Waals surface area contributed by atoms with E-state index >= 15 is 0 Å². The zero-order valence-electron chi connectivity index (χ0n) is 16.9. The van der Waals surface area contributed by atoms with Crippen LogP contribution in [-0.4, -0.2) is 56.3 Å². The second-order valence-electron chi connectivity index (χ2n) is 7.33. The van der Waals surface area contributed by atoms with Crippen molar-refractivity contribution in [2.24, 2.45) is 0 Å². The van der Waals surface area contributed by atoms with Crippen LogP contribution >= 0.6 is 11.8 Å². The van der Waals surface area contributed by atoms with Crippen LogP contribution in [0.15, 0.2) is 29.4 Å². The Morgan fingerprint density at radius 3 is 2.65 bits per heavy atom. The number of nitrogens with zero attached hydrogens (tertiary/aromatic N) is 5. The van der Waals surface area contributed by atoms with E-state index in [4.69, 9.17) is 0 Å². The van der Waals surface area contributed by atoms with Gasteiger partial charge in [0.25, 0.3) is 0 Å². The average molecular weight is 456 g/mol. The zero-order valence-corrected chi connectivity index (χ0v) is 17.7. The SMILES string of the molecule is CN(CC(=O)Nc1ccccc1C(F)(F)F)C(=O)CSc1nnnn1C1CCCCC1. The number of tetrazole rings is 1. The summed E-state index contributed by atoms with van der Waals surface area (Å²) in [6.45, 7) is -0.376. The van der Waals surface area contributed by atoms with Gasteiger partial charge in [-0.1, -0.05) is 43.2 Å². The van der Waals surface area contributed by atoms with E-state index in [9.17, 15) is 22.8 Å². The maximum absolute atomic E-state index is 13.1. The first-order valence-electron chi connectivity index (χ1n) is 9.86. The molecule has 31 heavy (non-hydrogen) atoms. The van der Waals surface area contributed by atoms with Gasteiger partial charge >= 0.3 is 6.18 Å². The summed E-state index contributed by atoms with van der Waals surface area (Å²) in [5.41, 5.74) is -1.29. The molecule has 2 amide bonds. The first-order valence-corrected chi connectivity index (χ1v) is 10.8. The van der Waals surface area contributed by atoms with Crippen LogP contribution in [0.1, 0.15) is 43.7 Å². The number of para-hydroxylation sites is 1. The van der Waals surface area contributed by atoms with E-state index in [-0.39, 0.29) is 29.9 Å². The molecule has 0 aliphatic heterocycles. The van der Waals surface area contributed by atoms with Gasteiger partial charge in [0, 0.05) is 7.05 Å². The zero-order chi connectivity index (χ0) is 22.4. The third kappa shape index (κ3) is 6.18. The topological polar surface area (TPSA) is 93.0 Å². The Morgan fingerprint density at radius 1 is 1.23 bits per heavy atom. The van der Waals surface area contributed by atoms with E-state index in [0.29, 0.717) is 5.16 Å². The quantitative estimate of drug-likeness (QED) is 0.642. The number of aromatic nitrogens is 4. The fraction of sp³-hybridized carbons (Fsp3) is 0.526. The summed E-state index contributed by atoms with van der Waals surface area (Å²) < 4.78 is 40.9. The van der Waals surface area contributed by atoms with Crippen molar-refractivity contribution in [1.29, 1.82) is 0 Å². The van der Waals surface area contributed by atoms with E-state index in [2.05, 4.69) is 20.8 Å². The molecular formula is C19H23F3N6O2S. The highest BCUT2D eigenvalue weighted by atomic mass is 32.2. The van der Waals surface area contributed by atoms with Crippen molar-refractivity contribution in [2.45, 2.75) is 49.5 Å². The van der Waals surface area contributed by atoms with Gasteiger partial charge in [0.1, 0.15) is 0 Å². The molecule has 1 saturated carbocycles. The Balaban J connectivity index is 1.52. The van der Waals surface area contributed by atoms with Gasteiger partial charge in [-0.15, -0.1) is 5.10 Å². The van der Waals surface area contributed by atoms with Gasteiger partial charge in [0.15, 0.2) is 0 Å². The van der Waals surface area contributed by atoms with Crippen LogP contribution < -0.4 is 5.32 Å². The molecule has 168 valence electrons. The number of thioether (sulfide) groups is 1. The molecule has 1 aliphatic rings. The van der Waals surface area contributed by atoms with Crippen LogP contribution in [0, 0.1) is 0 Å². The molecule has 0 atom stereocenters. The van der Waals surface area contributed by atoms with Gasteiger partial charge in [-0.2, -0.15) is 13.2 Å². The van der Waals surface area contributed by atoms with Crippen molar-refractivity contribution in [1.82, 2.24) is 25.1 Å². The maximum atomic E-state index is 13.1. The summed E-state index contributed by atoms with van der Waals surface area (Å²) in [5, 5.41) is 14.5. The van der Waals surface area contributed by atoms with Gasteiger partial charge in [-0.25, -0.2) is 4.68 Å². The van der Waals surface area contributed by atoms with Crippen LogP contribution in [0.4, 0.5) is 18.9 Å². The van der Waals surface area contributed by atoms with E-state index in [1.165, 1.54) is 43.4 Å². The van der Waals surface area contributed by atoms with Gasteiger partial charge in [0.05, 0.1) is 29.6 Å². The first-order chi connectivity index (χ1) is 14.8. The average Bonchev–Trinajstić information content (AvgIpc) is 3.20. The second-order valence-corrected chi connectivity index (χ2v) is 8.27. The van der Waals surface area contributed by atoms with E-state index in [1.807, 2.05) is 0 Å². The number of amides is 2. The predicted octanol–water partition coefficient (Wildman–Crippen LogP) is 3.39. The fourth-order valence-electron chi connectivity index (χ4n) is 3.40. The van der Waals surface area contributed by atoms with Crippen LogP contribution in [0.25, 0.3) is 0 Å². The van der Waals surface area contributed by atoms with Gasteiger partial charge < -0.3 is 10.2 Å². The Morgan fingerprint density at radius 2 is 1.94 bits per heavy atom. The third-order valence-electron chi connectivity index (χ3n) is 5.02. The normalized spacial score (nSPS) is 15.0. The highest BCUT2D eigenvalue weighted by Gasteiger charge is 2.33. The molecule has 0 unspecified atom stereocenters. The van der Waals surface area contributed by atoms with E-state index in [1.54, 1.807) is 4.68 Å². The molecule has 8 nitrogen and oxygen atoms in total. The smallest absolute Gasteiger partial charge is 0.336 e. The molecule has 1 aromatic heterocycles. The lowest BCUT2D eigenvalue weighted by atomic mass is 9.96. The summed E-state index contributed by atoms with van der Waals surface area (Å²) in [6, 6.07) is 4.92. The molecule has 1 N–H and O–H groups in total. The number of benzene rings is 1. The van der Waals surface area contributed by atoms with Crippen molar-refractivity contribution in [3.63, 3.8) is 0 Å². The second kappa shape index (κ2) is 10.1. The number of hydrogen-bond acceptors (Lipinski definition) is 6. The molecule has 0 radical (unpaired) electrons. The molecule has 1 aromatic carbocycles. The predicted molar refractivity (Wildman–Crippen MR) is 108 cm³/mol. The first kappa shape index (κ1) is 23.0. The van der Waals surface area contributed by atoms with Crippen molar-refractivity contribution < 1.29 is 22.8 Å². The van der Waals surface area contributed by atoms with Crippen LogP contribution in [0.5, 0.6) is 0 Å². The molecule has 1 heterocycles. The van der Waals surface area contributed by atoms with E-state index < -0.39 is 17.6 Å². The number of nitrogens with one attached hydrogen (secondary N) is 1. The summed E-state index contributed by atoms with van der Waals surface area (Å²) in [6.07, 6.45) is 0.814. The molecule has 1 aliphatic carbocycles. The Hall–Kier alpha value is -2.63. The van der Waals surface area contributed by atoms with Crippen LogP contribution in [0.3, 0.4) is 0 Å². The molecule has 0 saturated heterocycles. The van der Waals surface area contributed by atoms with Crippen LogP contribution in [-0.2, 0) is 15.8 Å². The minimum Gasteiger partial charge on any atom is -0.336 e. The Kier molecular flexibility index (Phi) is 7.52. The maximum Gasteiger partial charge on any atom is 0.418 e. The Labute approximate surface area is 181 Å². The minimum absolute atomic E-state index is 0.00993. The lowest BCUT2D eigenvalue weighted by molar-refractivity contribution is -0.137. The molecule has 2 aromatic rings. The minimum atomic E-state index is -4.59. The van der Waals surface area contributed by atoms with Gasteiger partial charge in [-0.3, -0.25) is 9.59 Å². The molecule has 12 heteroatoms. The number of anilines is 1. The largest absolute Gasteiger partial charge is 0.418 e. The summed E-state index contributed by atoms with van der Waals surface area (Å²) in [5.74, 6) is -1.07. The summed E-state index contributed by atoms with van der Waals surface area (Å²) in [4.78, 5) is 25.8. The fourth-order valence-corrected chi connectivity index (χ4v) is 4.29. The molecule has 3 rings (SSSR count). The van der Waals surface area contributed by atoms with Crippen molar-refractivity contribution in [2.75, 3.05) is 24.7 Å². The van der Waals surface area contributed by atoms with Crippen LogP contribution in [0.2, 0.25) is 0 Å².